The number of piperidine rings is 1. The third-order valence-corrected chi connectivity index (χ3v) is 6.78. The second-order valence-electron chi connectivity index (χ2n) is 7.84. The van der Waals surface area contributed by atoms with Crippen molar-refractivity contribution in [3.05, 3.63) is 65.9 Å². The first-order valence-electron chi connectivity index (χ1n) is 10.1. The molecule has 1 aliphatic rings. The van der Waals surface area contributed by atoms with Gasteiger partial charge in [-0.1, -0.05) is 30.3 Å². The number of nitrogens with one attached hydrogen (secondary N) is 2. The van der Waals surface area contributed by atoms with Crippen LogP contribution in [-0.2, 0) is 10.0 Å². The first kappa shape index (κ1) is 20.4. The van der Waals surface area contributed by atoms with Crippen molar-refractivity contribution >= 4 is 27.0 Å². The number of nitrogens with zero attached hydrogens (tertiary/aromatic N) is 1. The second kappa shape index (κ2) is 8.12. The van der Waals surface area contributed by atoms with Crippen LogP contribution in [0.3, 0.4) is 0 Å². The molecule has 4 N–H and O–H groups in total. The topological polar surface area (TPSA) is 108 Å². The van der Waals surface area contributed by atoms with Crippen LogP contribution in [0.1, 0.15) is 42.9 Å². The Bertz CT molecular complexity index is 1160. The number of sulfonamides is 1. The lowest BCUT2D eigenvalue weighted by Crippen LogP contribution is -2.44. The molecule has 1 atom stereocenters. The van der Waals surface area contributed by atoms with E-state index in [-0.39, 0.29) is 17.0 Å². The summed E-state index contributed by atoms with van der Waals surface area (Å²) in [6.07, 6.45) is 3.90. The molecule has 1 unspecified atom stereocenters. The molecule has 0 radical (unpaired) electrons. The van der Waals surface area contributed by atoms with Crippen LogP contribution < -0.4 is 10.5 Å². The number of hydrogen-bond acceptors (Lipinski definition) is 3. The van der Waals surface area contributed by atoms with Crippen LogP contribution in [0, 0.1) is 0 Å². The van der Waals surface area contributed by atoms with Gasteiger partial charge in [-0.2, -0.15) is 0 Å². The average molecular weight is 427 g/mol. The molecular weight excluding hydrogens is 400 g/mol. The molecule has 1 aliphatic heterocycles. The summed E-state index contributed by atoms with van der Waals surface area (Å²) >= 11 is 0. The number of hydrogen-bond donors (Lipinski definition) is 3. The van der Waals surface area contributed by atoms with Crippen molar-refractivity contribution < 1.29 is 13.2 Å². The lowest BCUT2D eigenvalue weighted by atomic mass is 9.89. The Balaban J connectivity index is 1.38. The molecule has 0 saturated carbocycles. The molecule has 2 aromatic carbocycles. The smallest absolute Gasteiger partial charge is 0.317 e. The summed E-state index contributed by atoms with van der Waals surface area (Å²) in [6, 6.07) is 14.2. The van der Waals surface area contributed by atoms with Gasteiger partial charge in [0, 0.05) is 30.2 Å². The Morgan fingerprint density at radius 3 is 2.63 bits per heavy atom. The van der Waals surface area contributed by atoms with Crippen molar-refractivity contribution in [3.8, 4) is 0 Å². The van der Waals surface area contributed by atoms with Crippen molar-refractivity contribution in [3.63, 3.8) is 0 Å². The highest BCUT2D eigenvalue weighted by Gasteiger charge is 2.26. The van der Waals surface area contributed by atoms with E-state index in [1.54, 1.807) is 12.1 Å². The minimum atomic E-state index is -3.78. The number of benzene rings is 2. The number of urea groups is 1. The van der Waals surface area contributed by atoms with Gasteiger partial charge in [0.2, 0.25) is 10.0 Å². The van der Waals surface area contributed by atoms with E-state index >= 15 is 0 Å². The predicted molar refractivity (Wildman–Crippen MR) is 117 cm³/mol. The number of aromatic amines is 1. The van der Waals surface area contributed by atoms with E-state index in [2.05, 4.69) is 34.7 Å². The van der Waals surface area contributed by atoms with Crippen molar-refractivity contribution in [2.75, 3.05) is 13.1 Å². The normalized spacial score (nSPS) is 16.5. The van der Waals surface area contributed by atoms with Gasteiger partial charge in [0.1, 0.15) is 0 Å². The van der Waals surface area contributed by atoms with Gasteiger partial charge < -0.3 is 15.2 Å². The van der Waals surface area contributed by atoms with Crippen LogP contribution in [0.25, 0.3) is 10.9 Å². The molecule has 0 spiro atoms. The number of likely N-dealkylation sites (tertiary alicyclic amines) is 1. The Morgan fingerprint density at radius 1 is 1.17 bits per heavy atom. The summed E-state index contributed by atoms with van der Waals surface area (Å²) < 4.78 is 23.1. The van der Waals surface area contributed by atoms with Crippen molar-refractivity contribution in [2.24, 2.45) is 5.14 Å². The first-order chi connectivity index (χ1) is 14.3. The molecule has 7 nitrogen and oxygen atoms in total. The number of fused-ring (bicyclic) bond motifs is 1. The number of carbonyl (C=O) groups excluding carboxylic acids is 1. The van der Waals surface area contributed by atoms with E-state index in [4.69, 9.17) is 5.14 Å². The van der Waals surface area contributed by atoms with Gasteiger partial charge in [-0.05, 0) is 55.0 Å². The highest BCUT2D eigenvalue weighted by molar-refractivity contribution is 7.89. The van der Waals surface area contributed by atoms with Crippen molar-refractivity contribution in [1.29, 1.82) is 0 Å². The molecule has 1 saturated heterocycles. The Morgan fingerprint density at radius 2 is 1.90 bits per heavy atom. The van der Waals surface area contributed by atoms with Gasteiger partial charge >= 0.3 is 6.03 Å². The number of nitrogens with two attached hydrogens (primary N) is 1. The quantitative estimate of drug-likeness (QED) is 0.594. The summed E-state index contributed by atoms with van der Waals surface area (Å²) in [7, 11) is -3.78. The summed E-state index contributed by atoms with van der Waals surface area (Å²) in [5, 5.41) is 9.43. The molecule has 0 aliphatic carbocycles. The molecule has 1 aromatic heterocycles. The van der Waals surface area contributed by atoms with E-state index in [9.17, 15) is 13.2 Å². The monoisotopic (exact) mass is 426 g/mol. The number of amides is 2. The Labute approximate surface area is 176 Å². The van der Waals surface area contributed by atoms with Crippen molar-refractivity contribution in [1.82, 2.24) is 15.2 Å². The standard InChI is InChI=1S/C22H26N4O3S/c1-15(17-5-4-6-18(13-17)30(23,28)29)25-22(27)26-11-9-16(10-12-26)20-14-24-21-8-3-2-7-19(20)21/h2-8,13-16,24H,9-12H2,1H3,(H,25,27)(H2,23,28,29). The maximum Gasteiger partial charge on any atom is 0.317 e. The highest BCUT2D eigenvalue weighted by Crippen LogP contribution is 2.33. The van der Waals surface area contributed by atoms with Crippen LogP contribution in [0.2, 0.25) is 0 Å². The third-order valence-electron chi connectivity index (χ3n) is 5.87. The van der Waals surface area contributed by atoms with Crippen molar-refractivity contribution in [2.45, 2.75) is 36.6 Å². The number of aromatic nitrogens is 1. The first-order valence-corrected chi connectivity index (χ1v) is 11.6. The number of primary sulfonamides is 1. The minimum absolute atomic E-state index is 0.0423. The van der Waals surface area contributed by atoms with Gasteiger partial charge in [0.25, 0.3) is 0 Å². The molecule has 8 heteroatoms. The Kier molecular flexibility index (Phi) is 5.53. The second-order valence-corrected chi connectivity index (χ2v) is 9.40. The SMILES string of the molecule is CC(NC(=O)N1CCC(c2c[nH]c3ccccc23)CC1)c1cccc(S(N)(=O)=O)c1. The summed E-state index contributed by atoms with van der Waals surface area (Å²) in [5.74, 6) is 0.425. The van der Waals surface area contributed by atoms with E-state index in [1.807, 2.05) is 17.9 Å². The number of carbonyl (C=O) groups is 1. The van der Waals surface area contributed by atoms with Gasteiger partial charge in [0.05, 0.1) is 10.9 Å². The van der Waals surface area contributed by atoms with Crippen LogP contribution in [0.15, 0.2) is 59.6 Å². The molecule has 4 rings (SSSR count). The summed E-state index contributed by atoms with van der Waals surface area (Å²) in [5.41, 5.74) is 3.16. The molecular formula is C22H26N4O3S. The van der Waals surface area contributed by atoms with Gasteiger partial charge in [-0.25, -0.2) is 18.4 Å². The van der Waals surface area contributed by atoms with Crippen LogP contribution >= 0.6 is 0 Å². The molecule has 1 fully saturated rings. The molecule has 30 heavy (non-hydrogen) atoms. The molecule has 2 heterocycles. The number of rotatable bonds is 4. The summed E-state index contributed by atoms with van der Waals surface area (Å²) in [4.78, 5) is 17.9. The zero-order valence-corrected chi connectivity index (χ0v) is 17.7. The zero-order chi connectivity index (χ0) is 21.3. The fraction of sp³-hybridized carbons (Fsp3) is 0.318. The lowest BCUT2D eigenvalue weighted by molar-refractivity contribution is 0.178. The average Bonchev–Trinajstić information content (AvgIpc) is 3.17. The van der Waals surface area contributed by atoms with E-state index < -0.39 is 10.0 Å². The maximum absolute atomic E-state index is 12.7. The van der Waals surface area contributed by atoms with E-state index in [0.717, 1.165) is 18.4 Å². The van der Waals surface area contributed by atoms with Gasteiger partial charge in [0.15, 0.2) is 0 Å². The maximum atomic E-state index is 12.7. The Hall–Kier alpha value is -2.84. The summed E-state index contributed by atoms with van der Waals surface area (Å²) in [6.45, 7) is 3.19. The predicted octanol–water partition coefficient (Wildman–Crippen LogP) is 3.47. The molecule has 0 bridgehead atoms. The minimum Gasteiger partial charge on any atom is -0.361 e. The third kappa shape index (κ3) is 4.20. The zero-order valence-electron chi connectivity index (χ0n) is 16.8. The van der Waals surface area contributed by atoms with E-state index in [1.165, 1.54) is 23.1 Å². The van der Waals surface area contributed by atoms with Crippen LogP contribution in [0.5, 0.6) is 0 Å². The van der Waals surface area contributed by atoms with Gasteiger partial charge in [-0.15, -0.1) is 0 Å². The fourth-order valence-electron chi connectivity index (χ4n) is 4.15. The molecule has 2 amide bonds. The highest BCUT2D eigenvalue weighted by atomic mass is 32.2. The lowest BCUT2D eigenvalue weighted by Gasteiger charge is -2.33. The molecule has 158 valence electrons. The fourth-order valence-corrected chi connectivity index (χ4v) is 4.71. The molecule has 3 aromatic rings. The number of H-pyrrole nitrogens is 1. The largest absolute Gasteiger partial charge is 0.361 e. The van der Waals surface area contributed by atoms with E-state index in [0.29, 0.717) is 24.6 Å². The van der Waals surface area contributed by atoms with Crippen LogP contribution in [-0.4, -0.2) is 37.4 Å². The number of para-hydroxylation sites is 1. The van der Waals surface area contributed by atoms with Crippen LogP contribution in [0.4, 0.5) is 4.79 Å². The van der Waals surface area contributed by atoms with Gasteiger partial charge in [-0.3, -0.25) is 0 Å².